The Morgan fingerprint density at radius 1 is 1.53 bits per heavy atom. The number of hydrogen-bond donors (Lipinski definition) is 2. The fourth-order valence-corrected chi connectivity index (χ4v) is 1.16. The van der Waals surface area contributed by atoms with Crippen LogP contribution < -0.4 is 16.0 Å². The van der Waals surface area contributed by atoms with Gasteiger partial charge in [0.1, 0.15) is 5.75 Å². The Morgan fingerprint density at radius 2 is 2.13 bits per heavy atom. The molecule has 84 valence electrons. The molecule has 1 aromatic heterocycles. The molecule has 4 nitrogen and oxygen atoms in total. The highest BCUT2D eigenvalue weighted by Gasteiger charge is 2.32. The molecule has 3 N–H and O–H groups in total. The number of nitrogens with one attached hydrogen (secondary N) is 1. The lowest BCUT2D eigenvalue weighted by molar-refractivity contribution is -0.274. The zero-order chi connectivity index (χ0) is 11.6. The van der Waals surface area contributed by atoms with Crippen molar-refractivity contribution in [1.82, 2.24) is 4.98 Å². The topological polar surface area (TPSA) is 68.1 Å². The minimum atomic E-state index is -4.83. The number of nitrogens with two attached hydrogens (primary N) is 1. The van der Waals surface area contributed by atoms with E-state index in [0.717, 1.165) is 6.07 Å². The molecule has 0 atom stereocenters. The molecule has 0 saturated carbocycles. The molecule has 0 bridgehead atoms. The van der Waals surface area contributed by atoms with E-state index in [1.807, 2.05) is 0 Å². The van der Waals surface area contributed by atoms with Gasteiger partial charge >= 0.3 is 6.36 Å². The van der Waals surface area contributed by atoms with E-state index in [0.29, 0.717) is 0 Å². The molecule has 0 fully saturated rings. The summed E-state index contributed by atoms with van der Waals surface area (Å²) < 4.78 is 39.5. The minimum Gasteiger partial charge on any atom is -0.405 e. The number of ether oxygens (including phenoxy) is 1. The van der Waals surface area contributed by atoms with Crippen LogP contribution in [0.3, 0.4) is 0 Å². The van der Waals surface area contributed by atoms with Crippen molar-refractivity contribution in [2.45, 2.75) is 19.8 Å². The highest BCUT2D eigenvalue weighted by molar-refractivity contribution is 5.35. The summed E-state index contributed by atoms with van der Waals surface area (Å²) >= 11 is 0. The normalized spacial score (nSPS) is 11.5. The van der Waals surface area contributed by atoms with E-state index in [1.54, 1.807) is 0 Å². The summed E-state index contributed by atoms with van der Waals surface area (Å²) in [5, 5.41) is 0. The lowest BCUT2D eigenvalue weighted by Gasteiger charge is -2.13. The summed E-state index contributed by atoms with van der Waals surface area (Å²) in [4.78, 5) is 13.3. The monoisotopic (exact) mass is 222 g/mol. The van der Waals surface area contributed by atoms with Crippen molar-refractivity contribution in [1.29, 1.82) is 0 Å². The molecule has 1 rings (SSSR count). The van der Waals surface area contributed by atoms with Gasteiger partial charge in [0.15, 0.2) is 0 Å². The second-order valence-electron chi connectivity index (χ2n) is 2.85. The lowest BCUT2D eigenvalue weighted by Crippen LogP contribution is -2.21. The van der Waals surface area contributed by atoms with Gasteiger partial charge in [-0.1, -0.05) is 0 Å². The molecule has 0 amide bonds. The molecule has 7 heteroatoms. The summed E-state index contributed by atoms with van der Waals surface area (Å²) in [5.74, 6) is -0.550. The van der Waals surface area contributed by atoms with Crippen molar-refractivity contribution >= 4 is 0 Å². The number of pyridine rings is 1. The quantitative estimate of drug-likeness (QED) is 0.785. The lowest BCUT2D eigenvalue weighted by atomic mass is 10.2. The Kier molecular flexibility index (Phi) is 3.04. The molecular weight excluding hydrogens is 213 g/mol. The van der Waals surface area contributed by atoms with Crippen LogP contribution in [0.2, 0.25) is 0 Å². The zero-order valence-electron chi connectivity index (χ0n) is 7.81. The summed E-state index contributed by atoms with van der Waals surface area (Å²) in [6.07, 6.45) is -4.83. The van der Waals surface area contributed by atoms with Crippen LogP contribution in [0.4, 0.5) is 13.2 Å². The number of rotatable bonds is 2. The summed E-state index contributed by atoms with van der Waals surface area (Å²) in [6, 6.07) is 0.725. The number of aryl methyl sites for hydroxylation is 1. The standard InChI is InChI=1S/C8H9F3N2O2/c1-4-5(3-12)6(2-7(14)13-4)15-8(9,10)11/h2H,3,12H2,1H3,(H,13,14). The van der Waals surface area contributed by atoms with Crippen molar-refractivity contribution in [2.24, 2.45) is 5.73 Å². The largest absolute Gasteiger partial charge is 0.573 e. The van der Waals surface area contributed by atoms with E-state index in [-0.39, 0.29) is 17.8 Å². The van der Waals surface area contributed by atoms with E-state index >= 15 is 0 Å². The summed E-state index contributed by atoms with van der Waals surface area (Å²) in [6.45, 7) is 1.31. The third-order valence-corrected chi connectivity index (χ3v) is 1.75. The molecule has 0 radical (unpaired) electrons. The van der Waals surface area contributed by atoms with Gasteiger partial charge in [0.2, 0.25) is 0 Å². The molecule has 0 aliphatic rings. The average molecular weight is 222 g/mol. The predicted molar refractivity (Wildman–Crippen MR) is 46.4 cm³/mol. The molecule has 0 aliphatic carbocycles. The number of hydrogen-bond acceptors (Lipinski definition) is 3. The first-order chi connectivity index (χ1) is 6.83. The van der Waals surface area contributed by atoms with Crippen LogP contribution in [0, 0.1) is 6.92 Å². The fourth-order valence-electron chi connectivity index (χ4n) is 1.16. The van der Waals surface area contributed by atoms with E-state index in [4.69, 9.17) is 5.73 Å². The molecule has 0 saturated heterocycles. The second kappa shape index (κ2) is 3.93. The van der Waals surface area contributed by atoms with Crippen molar-refractivity contribution in [3.63, 3.8) is 0 Å². The van der Waals surface area contributed by atoms with Gasteiger partial charge < -0.3 is 15.5 Å². The van der Waals surface area contributed by atoms with Crippen LogP contribution in [0.1, 0.15) is 11.3 Å². The maximum atomic E-state index is 11.9. The molecule has 15 heavy (non-hydrogen) atoms. The van der Waals surface area contributed by atoms with Gasteiger partial charge in [-0.2, -0.15) is 0 Å². The van der Waals surface area contributed by atoms with Crippen LogP contribution in [-0.4, -0.2) is 11.3 Å². The Balaban J connectivity index is 3.21. The van der Waals surface area contributed by atoms with Gasteiger partial charge in [-0.25, -0.2) is 0 Å². The Labute approximate surface area is 82.9 Å². The zero-order valence-corrected chi connectivity index (χ0v) is 7.81. The van der Waals surface area contributed by atoms with Gasteiger partial charge in [-0.3, -0.25) is 4.79 Å². The fraction of sp³-hybridized carbons (Fsp3) is 0.375. The molecule has 1 heterocycles. The third-order valence-electron chi connectivity index (χ3n) is 1.75. The van der Waals surface area contributed by atoms with Crippen molar-refractivity contribution in [2.75, 3.05) is 0 Å². The van der Waals surface area contributed by atoms with Gasteiger partial charge in [0.05, 0.1) is 0 Å². The number of aromatic amines is 1. The number of alkyl halides is 3. The molecule has 0 unspecified atom stereocenters. The smallest absolute Gasteiger partial charge is 0.405 e. The third kappa shape index (κ3) is 2.98. The molecular formula is C8H9F3N2O2. The van der Waals surface area contributed by atoms with E-state index in [1.165, 1.54) is 6.92 Å². The van der Waals surface area contributed by atoms with Gasteiger partial charge in [-0.05, 0) is 6.92 Å². The highest BCUT2D eigenvalue weighted by Crippen LogP contribution is 2.25. The average Bonchev–Trinajstić information content (AvgIpc) is 1.99. The van der Waals surface area contributed by atoms with Crippen LogP contribution in [0.15, 0.2) is 10.9 Å². The number of halogens is 3. The van der Waals surface area contributed by atoms with Gasteiger partial charge in [0, 0.05) is 23.9 Å². The van der Waals surface area contributed by atoms with Gasteiger partial charge in [0.25, 0.3) is 5.56 Å². The Hall–Kier alpha value is -1.50. The first-order valence-electron chi connectivity index (χ1n) is 4.02. The van der Waals surface area contributed by atoms with Gasteiger partial charge in [-0.15, -0.1) is 13.2 Å². The van der Waals surface area contributed by atoms with E-state index in [2.05, 4.69) is 9.72 Å². The van der Waals surface area contributed by atoms with Crippen molar-refractivity contribution in [3.8, 4) is 5.75 Å². The molecule has 0 aromatic carbocycles. The molecule has 1 aromatic rings. The Bertz CT molecular complexity index is 411. The first kappa shape index (κ1) is 11.6. The maximum absolute atomic E-state index is 11.9. The number of aromatic nitrogens is 1. The van der Waals surface area contributed by atoms with E-state index < -0.39 is 17.7 Å². The summed E-state index contributed by atoms with van der Waals surface area (Å²) in [5.41, 5.74) is 4.99. The van der Waals surface area contributed by atoms with E-state index in [9.17, 15) is 18.0 Å². The molecule has 0 aliphatic heterocycles. The maximum Gasteiger partial charge on any atom is 0.573 e. The second-order valence-corrected chi connectivity index (χ2v) is 2.85. The summed E-state index contributed by atoms with van der Waals surface area (Å²) in [7, 11) is 0. The van der Waals surface area contributed by atoms with Crippen molar-refractivity contribution in [3.05, 3.63) is 27.7 Å². The highest BCUT2D eigenvalue weighted by atomic mass is 19.4. The SMILES string of the molecule is Cc1[nH]c(=O)cc(OC(F)(F)F)c1CN. The first-order valence-corrected chi connectivity index (χ1v) is 4.02. The number of H-pyrrole nitrogens is 1. The van der Waals surface area contributed by atoms with Crippen LogP contribution >= 0.6 is 0 Å². The van der Waals surface area contributed by atoms with Crippen LogP contribution in [0.5, 0.6) is 5.75 Å². The van der Waals surface area contributed by atoms with Crippen LogP contribution in [0.25, 0.3) is 0 Å². The Morgan fingerprint density at radius 3 is 2.60 bits per heavy atom. The predicted octanol–water partition coefficient (Wildman–Crippen LogP) is 1.04. The van der Waals surface area contributed by atoms with Crippen LogP contribution in [-0.2, 0) is 6.54 Å². The van der Waals surface area contributed by atoms with Crippen molar-refractivity contribution < 1.29 is 17.9 Å². The minimum absolute atomic E-state index is 0.131. The molecule has 0 spiro atoms.